The van der Waals surface area contributed by atoms with Gasteiger partial charge in [0.05, 0.1) is 18.8 Å². The van der Waals surface area contributed by atoms with Crippen molar-refractivity contribution in [1.29, 1.82) is 0 Å². The van der Waals surface area contributed by atoms with E-state index in [-0.39, 0.29) is 41.9 Å². The molecule has 1 fully saturated rings. The number of carbonyl (C=O) groups is 3. The molecule has 0 radical (unpaired) electrons. The van der Waals surface area contributed by atoms with E-state index in [0.29, 0.717) is 5.69 Å². The summed E-state index contributed by atoms with van der Waals surface area (Å²) >= 11 is 0. The van der Waals surface area contributed by atoms with Gasteiger partial charge in [0.25, 0.3) is 0 Å². The summed E-state index contributed by atoms with van der Waals surface area (Å²) in [6.07, 6.45) is 5.13. The number of esters is 2. The number of hydrogen-bond acceptors (Lipinski definition) is 5. The zero-order valence-corrected chi connectivity index (χ0v) is 15.5. The van der Waals surface area contributed by atoms with E-state index in [1.807, 2.05) is 4.57 Å². The van der Waals surface area contributed by atoms with Crippen molar-refractivity contribution in [3.63, 3.8) is 0 Å². The van der Waals surface area contributed by atoms with Crippen molar-refractivity contribution < 1.29 is 23.9 Å². The van der Waals surface area contributed by atoms with Gasteiger partial charge in [-0.25, -0.2) is 9.59 Å². The summed E-state index contributed by atoms with van der Waals surface area (Å²) in [6.45, 7) is 6.98. The van der Waals surface area contributed by atoms with Crippen LogP contribution in [0.15, 0.2) is 0 Å². The van der Waals surface area contributed by atoms with Crippen molar-refractivity contribution in [2.45, 2.75) is 65.8 Å². The molecule has 1 aromatic heterocycles. The SMILES string of the molecule is CCOC(=O)c1c(C(C)=O)c(C)n(C2CCCCC2)c1C(=O)OCC. The second-order valence-electron chi connectivity index (χ2n) is 6.34. The molecule has 0 spiro atoms. The summed E-state index contributed by atoms with van der Waals surface area (Å²) in [7, 11) is 0. The summed E-state index contributed by atoms with van der Waals surface area (Å²) in [5.74, 6) is -1.47. The van der Waals surface area contributed by atoms with Gasteiger partial charge < -0.3 is 14.0 Å². The van der Waals surface area contributed by atoms with Crippen LogP contribution in [0.3, 0.4) is 0 Å². The largest absolute Gasteiger partial charge is 0.462 e. The van der Waals surface area contributed by atoms with Gasteiger partial charge in [0.1, 0.15) is 11.3 Å². The highest BCUT2D eigenvalue weighted by Crippen LogP contribution is 2.35. The minimum absolute atomic E-state index is 0.0517. The molecule has 0 amide bonds. The number of aromatic nitrogens is 1. The second-order valence-corrected chi connectivity index (χ2v) is 6.34. The van der Waals surface area contributed by atoms with Crippen molar-refractivity contribution in [2.75, 3.05) is 13.2 Å². The van der Waals surface area contributed by atoms with Gasteiger partial charge in [0.15, 0.2) is 5.78 Å². The molecule has 0 saturated heterocycles. The van der Waals surface area contributed by atoms with Crippen LogP contribution in [0.2, 0.25) is 0 Å². The van der Waals surface area contributed by atoms with E-state index in [9.17, 15) is 14.4 Å². The molecule has 1 aromatic rings. The van der Waals surface area contributed by atoms with E-state index < -0.39 is 11.9 Å². The number of ether oxygens (including phenoxy) is 2. The summed E-state index contributed by atoms with van der Waals surface area (Å²) in [6, 6.07) is 0.0921. The zero-order valence-electron chi connectivity index (χ0n) is 15.5. The maximum atomic E-state index is 12.7. The highest BCUT2D eigenvalue weighted by atomic mass is 16.5. The lowest BCUT2D eigenvalue weighted by atomic mass is 9.95. The van der Waals surface area contributed by atoms with E-state index in [4.69, 9.17) is 9.47 Å². The van der Waals surface area contributed by atoms with Crippen molar-refractivity contribution in [3.05, 3.63) is 22.5 Å². The molecule has 1 heterocycles. The second kappa shape index (κ2) is 8.32. The van der Waals surface area contributed by atoms with Crippen molar-refractivity contribution >= 4 is 17.7 Å². The topological polar surface area (TPSA) is 74.6 Å². The molecule has 1 aliphatic carbocycles. The van der Waals surface area contributed by atoms with Gasteiger partial charge in [-0.15, -0.1) is 0 Å². The normalized spacial score (nSPS) is 15.0. The van der Waals surface area contributed by atoms with Gasteiger partial charge in [-0.05, 0) is 40.5 Å². The van der Waals surface area contributed by atoms with Crippen LogP contribution in [0, 0.1) is 6.92 Å². The Balaban J connectivity index is 2.71. The van der Waals surface area contributed by atoms with E-state index in [2.05, 4.69) is 0 Å². The predicted molar refractivity (Wildman–Crippen MR) is 93.2 cm³/mol. The fourth-order valence-electron chi connectivity index (χ4n) is 3.74. The van der Waals surface area contributed by atoms with Crippen LogP contribution in [-0.4, -0.2) is 35.5 Å². The molecule has 1 saturated carbocycles. The number of rotatable bonds is 6. The van der Waals surface area contributed by atoms with Crippen molar-refractivity contribution in [1.82, 2.24) is 4.57 Å². The molecule has 0 N–H and O–H groups in total. The van der Waals surface area contributed by atoms with Crippen LogP contribution < -0.4 is 0 Å². The Bertz CT molecular complexity index is 668. The molecular weight excluding hydrogens is 322 g/mol. The van der Waals surface area contributed by atoms with E-state index in [1.54, 1.807) is 20.8 Å². The molecule has 2 rings (SSSR count). The molecule has 1 aliphatic rings. The lowest BCUT2D eigenvalue weighted by Gasteiger charge is -2.26. The Labute approximate surface area is 148 Å². The molecule has 6 heteroatoms. The smallest absolute Gasteiger partial charge is 0.355 e. The van der Waals surface area contributed by atoms with Gasteiger partial charge >= 0.3 is 11.9 Å². The number of hydrogen-bond donors (Lipinski definition) is 0. The average Bonchev–Trinajstić information content (AvgIpc) is 2.89. The molecule has 138 valence electrons. The fraction of sp³-hybridized carbons (Fsp3) is 0.632. The number of Topliss-reactive ketones (excluding diaryl/α,β-unsaturated/α-hetero) is 1. The van der Waals surface area contributed by atoms with Gasteiger partial charge in [-0.3, -0.25) is 4.79 Å². The Hall–Kier alpha value is -2.11. The Kier molecular flexibility index (Phi) is 6.39. The first kappa shape index (κ1) is 19.2. The predicted octanol–water partition coefficient (Wildman–Crippen LogP) is 3.86. The third-order valence-electron chi connectivity index (χ3n) is 4.69. The number of nitrogens with zero attached hydrogens (tertiary/aromatic N) is 1. The number of ketones is 1. The highest BCUT2D eigenvalue weighted by Gasteiger charge is 2.35. The van der Waals surface area contributed by atoms with Crippen LogP contribution in [-0.2, 0) is 9.47 Å². The Morgan fingerprint density at radius 1 is 0.960 bits per heavy atom. The van der Waals surface area contributed by atoms with E-state index >= 15 is 0 Å². The van der Waals surface area contributed by atoms with Crippen LogP contribution in [0.4, 0.5) is 0 Å². The maximum Gasteiger partial charge on any atom is 0.355 e. The van der Waals surface area contributed by atoms with Crippen LogP contribution in [0.1, 0.15) is 95.8 Å². The molecule has 25 heavy (non-hydrogen) atoms. The van der Waals surface area contributed by atoms with Gasteiger partial charge in [-0.1, -0.05) is 19.3 Å². The van der Waals surface area contributed by atoms with Crippen molar-refractivity contribution in [3.8, 4) is 0 Å². The summed E-state index contributed by atoms with van der Waals surface area (Å²) in [5, 5.41) is 0. The molecule has 0 atom stereocenters. The zero-order chi connectivity index (χ0) is 18.6. The van der Waals surface area contributed by atoms with E-state index in [1.165, 1.54) is 6.92 Å². The van der Waals surface area contributed by atoms with Crippen LogP contribution >= 0.6 is 0 Å². The van der Waals surface area contributed by atoms with Crippen LogP contribution in [0.5, 0.6) is 0 Å². The molecule has 6 nitrogen and oxygen atoms in total. The van der Waals surface area contributed by atoms with E-state index in [0.717, 1.165) is 32.1 Å². The highest BCUT2D eigenvalue weighted by molar-refractivity contribution is 6.12. The van der Waals surface area contributed by atoms with Gasteiger partial charge in [-0.2, -0.15) is 0 Å². The first-order valence-corrected chi connectivity index (χ1v) is 9.03. The minimum atomic E-state index is -0.645. The molecule has 0 unspecified atom stereocenters. The average molecular weight is 349 g/mol. The van der Waals surface area contributed by atoms with Gasteiger partial charge in [0, 0.05) is 11.7 Å². The number of carbonyl (C=O) groups excluding carboxylic acids is 3. The Morgan fingerprint density at radius 3 is 2.04 bits per heavy atom. The van der Waals surface area contributed by atoms with Crippen molar-refractivity contribution in [2.24, 2.45) is 0 Å². The third-order valence-corrected chi connectivity index (χ3v) is 4.69. The molecule has 0 aliphatic heterocycles. The molecule has 0 bridgehead atoms. The summed E-state index contributed by atoms with van der Waals surface area (Å²) < 4.78 is 12.2. The fourth-order valence-corrected chi connectivity index (χ4v) is 3.74. The quantitative estimate of drug-likeness (QED) is 0.576. The summed E-state index contributed by atoms with van der Waals surface area (Å²) in [4.78, 5) is 37.5. The Morgan fingerprint density at radius 2 is 1.52 bits per heavy atom. The lowest BCUT2D eigenvalue weighted by molar-refractivity contribution is 0.0466. The van der Waals surface area contributed by atoms with Gasteiger partial charge in [0.2, 0.25) is 0 Å². The maximum absolute atomic E-state index is 12.7. The third kappa shape index (κ3) is 3.78. The minimum Gasteiger partial charge on any atom is -0.462 e. The summed E-state index contributed by atoms with van der Waals surface area (Å²) in [5.41, 5.74) is 1.13. The standard InChI is InChI=1S/C19H27NO5/c1-5-24-18(22)16-15(13(4)21)12(3)20(14-10-8-7-9-11-14)17(16)19(23)25-6-2/h14H,5-11H2,1-4H3. The molecule has 0 aromatic carbocycles. The molecular formula is C19H27NO5. The lowest BCUT2D eigenvalue weighted by Crippen LogP contribution is -2.22. The first-order valence-electron chi connectivity index (χ1n) is 9.03. The monoisotopic (exact) mass is 349 g/mol. The van der Waals surface area contributed by atoms with Crippen LogP contribution in [0.25, 0.3) is 0 Å². The first-order chi connectivity index (χ1) is 11.9.